The van der Waals surface area contributed by atoms with E-state index in [4.69, 9.17) is 4.74 Å². The molecule has 0 saturated carbocycles. The van der Waals surface area contributed by atoms with Gasteiger partial charge >= 0.3 is 0 Å². The molecule has 98 valence electrons. The van der Waals surface area contributed by atoms with Crippen molar-refractivity contribution < 1.29 is 13.9 Å². The molecule has 3 heteroatoms. The third kappa shape index (κ3) is 4.21. The van der Waals surface area contributed by atoms with Gasteiger partial charge in [0.15, 0.2) is 0 Å². The van der Waals surface area contributed by atoms with Gasteiger partial charge < -0.3 is 4.74 Å². The van der Waals surface area contributed by atoms with Crippen LogP contribution in [0, 0.1) is 5.82 Å². The molecule has 0 spiro atoms. The molecule has 0 heterocycles. The summed E-state index contributed by atoms with van der Waals surface area (Å²) in [5.74, 6) is -0.0576. The van der Waals surface area contributed by atoms with Gasteiger partial charge in [-0.15, -0.1) is 0 Å². The molecule has 2 aromatic rings. The van der Waals surface area contributed by atoms with Crippen molar-refractivity contribution >= 4 is 6.29 Å². The lowest BCUT2D eigenvalue weighted by Gasteiger charge is -2.07. The van der Waals surface area contributed by atoms with E-state index in [0.717, 1.165) is 12.8 Å². The van der Waals surface area contributed by atoms with Gasteiger partial charge in [-0.05, 0) is 30.5 Å². The first-order valence-corrected chi connectivity index (χ1v) is 6.20. The summed E-state index contributed by atoms with van der Waals surface area (Å²) in [6, 6.07) is 14.1. The number of hydrogen-bond donors (Lipinski definition) is 0. The second-order valence-corrected chi connectivity index (χ2v) is 4.28. The average Bonchev–Trinajstić information content (AvgIpc) is 2.44. The van der Waals surface area contributed by atoms with Gasteiger partial charge in [-0.2, -0.15) is 0 Å². The standard InChI is InChI=1S/C16H15FO2/c17-15-9-14(12-18)10-16(11-15)19-8-4-7-13-5-2-1-3-6-13/h1-3,5-6,9-12H,4,7-8H2. The summed E-state index contributed by atoms with van der Waals surface area (Å²) < 4.78 is 18.6. The molecule has 2 nitrogen and oxygen atoms in total. The molecule has 0 unspecified atom stereocenters. The van der Waals surface area contributed by atoms with E-state index in [9.17, 15) is 9.18 Å². The molecule has 0 radical (unpaired) electrons. The largest absolute Gasteiger partial charge is 0.493 e. The predicted octanol–water partition coefficient (Wildman–Crippen LogP) is 3.65. The number of carbonyl (C=O) groups is 1. The lowest BCUT2D eigenvalue weighted by molar-refractivity contribution is 0.112. The Kier molecular flexibility index (Phi) is 4.67. The minimum absolute atomic E-state index is 0.290. The fourth-order valence-electron chi connectivity index (χ4n) is 1.85. The van der Waals surface area contributed by atoms with Crippen molar-refractivity contribution in [3.8, 4) is 5.75 Å². The van der Waals surface area contributed by atoms with Crippen molar-refractivity contribution in [3.05, 3.63) is 65.5 Å². The number of aryl methyl sites for hydroxylation is 1. The Morgan fingerprint density at radius 3 is 2.63 bits per heavy atom. The summed E-state index contributed by atoms with van der Waals surface area (Å²) in [6.07, 6.45) is 2.37. The molecule has 19 heavy (non-hydrogen) atoms. The third-order valence-corrected chi connectivity index (χ3v) is 2.75. The van der Waals surface area contributed by atoms with Crippen LogP contribution in [-0.2, 0) is 6.42 Å². The van der Waals surface area contributed by atoms with Crippen LogP contribution in [-0.4, -0.2) is 12.9 Å². The number of aldehydes is 1. The van der Waals surface area contributed by atoms with Crippen LogP contribution in [0.2, 0.25) is 0 Å². The van der Waals surface area contributed by atoms with Crippen molar-refractivity contribution in [2.45, 2.75) is 12.8 Å². The molecule has 0 aromatic heterocycles. The van der Waals surface area contributed by atoms with Crippen molar-refractivity contribution in [2.24, 2.45) is 0 Å². The highest BCUT2D eigenvalue weighted by molar-refractivity contribution is 5.75. The monoisotopic (exact) mass is 258 g/mol. The van der Waals surface area contributed by atoms with Crippen LogP contribution in [0.4, 0.5) is 4.39 Å². The molecule has 2 rings (SSSR count). The van der Waals surface area contributed by atoms with E-state index < -0.39 is 5.82 Å². The summed E-state index contributed by atoms with van der Waals surface area (Å²) in [4.78, 5) is 10.6. The zero-order chi connectivity index (χ0) is 13.5. The smallest absolute Gasteiger partial charge is 0.150 e. The molecule has 0 N–H and O–H groups in total. The van der Waals surface area contributed by atoms with Gasteiger partial charge in [0, 0.05) is 11.6 Å². The fraction of sp³-hybridized carbons (Fsp3) is 0.188. The Hall–Kier alpha value is -2.16. The van der Waals surface area contributed by atoms with E-state index in [1.807, 2.05) is 18.2 Å². The highest BCUT2D eigenvalue weighted by Crippen LogP contribution is 2.15. The average molecular weight is 258 g/mol. The maximum absolute atomic E-state index is 13.1. The number of benzene rings is 2. The maximum atomic E-state index is 13.1. The summed E-state index contributed by atoms with van der Waals surface area (Å²) in [5.41, 5.74) is 1.54. The molecule has 0 aliphatic carbocycles. The first kappa shape index (κ1) is 13.3. The zero-order valence-corrected chi connectivity index (χ0v) is 10.5. The minimum atomic E-state index is -0.456. The van der Waals surface area contributed by atoms with E-state index in [1.165, 1.54) is 17.7 Å². The first-order valence-electron chi connectivity index (χ1n) is 6.20. The fourth-order valence-corrected chi connectivity index (χ4v) is 1.85. The van der Waals surface area contributed by atoms with Crippen molar-refractivity contribution in [2.75, 3.05) is 6.61 Å². The molecule has 2 aromatic carbocycles. The van der Waals surface area contributed by atoms with Crippen LogP contribution in [0.25, 0.3) is 0 Å². The van der Waals surface area contributed by atoms with Gasteiger partial charge in [0.1, 0.15) is 17.9 Å². The Balaban J connectivity index is 1.82. The maximum Gasteiger partial charge on any atom is 0.150 e. The Morgan fingerprint density at radius 1 is 1.11 bits per heavy atom. The minimum Gasteiger partial charge on any atom is -0.493 e. The van der Waals surface area contributed by atoms with Gasteiger partial charge in [0.05, 0.1) is 6.61 Å². The Labute approximate surface area is 111 Å². The zero-order valence-electron chi connectivity index (χ0n) is 10.5. The van der Waals surface area contributed by atoms with Gasteiger partial charge in [0.25, 0.3) is 0 Å². The van der Waals surface area contributed by atoms with E-state index in [2.05, 4.69) is 12.1 Å². The van der Waals surface area contributed by atoms with E-state index in [1.54, 1.807) is 6.07 Å². The van der Waals surface area contributed by atoms with E-state index in [-0.39, 0.29) is 5.56 Å². The highest BCUT2D eigenvalue weighted by atomic mass is 19.1. The molecule has 0 fully saturated rings. The number of rotatable bonds is 6. The quantitative estimate of drug-likeness (QED) is 0.584. The molecule has 0 saturated heterocycles. The van der Waals surface area contributed by atoms with Gasteiger partial charge in [-0.1, -0.05) is 30.3 Å². The van der Waals surface area contributed by atoms with Crippen LogP contribution in [0.15, 0.2) is 48.5 Å². The molecule has 0 bridgehead atoms. The van der Waals surface area contributed by atoms with Gasteiger partial charge in [-0.3, -0.25) is 4.79 Å². The molecular formula is C16H15FO2. The number of carbonyl (C=O) groups excluding carboxylic acids is 1. The SMILES string of the molecule is O=Cc1cc(F)cc(OCCCc2ccccc2)c1. The number of ether oxygens (including phenoxy) is 1. The first-order chi connectivity index (χ1) is 9.28. The van der Waals surface area contributed by atoms with Crippen LogP contribution in [0.5, 0.6) is 5.75 Å². The Morgan fingerprint density at radius 2 is 1.89 bits per heavy atom. The molecule has 0 amide bonds. The molecule has 0 aliphatic rings. The normalized spacial score (nSPS) is 10.2. The van der Waals surface area contributed by atoms with Crippen LogP contribution in [0.3, 0.4) is 0 Å². The lowest BCUT2D eigenvalue weighted by atomic mass is 10.1. The van der Waals surface area contributed by atoms with E-state index >= 15 is 0 Å². The summed E-state index contributed by atoms with van der Waals surface area (Å²) in [6.45, 7) is 0.497. The molecule has 0 aliphatic heterocycles. The third-order valence-electron chi connectivity index (χ3n) is 2.75. The van der Waals surface area contributed by atoms with Crippen LogP contribution < -0.4 is 4.74 Å². The van der Waals surface area contributed by atoms with Crippen molar-refractivity contribution in [1.82, 2.24) is 0 Å². The van der Waals surface area contributed by atoms with Gasteiger partial charge in [0.2, 0.25) is 0 Å². The second kappa shape index (κ2) is 6.69. The Bertz CT molecular complexity index is 538. The molecular weight excluding hydrogens is 243 g/mol. The predicted molar refractivity (Wildman–Crippen MR) is 72.0 cm³/mol. The van der Waals surface area contributed by atoms with Gasteiger partial charge in [-0.25, -0.2) is 4.39 Å². The summed E-state index contributed by atoms with van der Waals surface area (Å²) in [5, 5.41) is 0. The topological polar surface area (TPSA) is 26.3 Å². The van der Waals surface area contributed by atoms with E-state index in [0.29, 0.717) is 18.6 Å². The summed E-state index contributed by atoms with van der Waals surface area (Å²) in [7, 11) is 0. The van der Waals surface area contributed by atoms with Crippen LogP contribution >= 0.6 is 0 Å². The highest BCUT2D eigenvalue weighted by Gasteiger charge is 2.01. The van der Waals surface area contributed by atoms with Crippen LogP contribution in [0.1, 0.15) is 22.3 Å². The molecule has 0 atom stereocenters. The van der Waals surface area contributed by atoms with Crippen molar-refractivity contribution in [1.29, 1.82) is 0 Å². The number of halogens is 1. The second-order valence-electron chi connectivity index (χ2n) is 4.28. The number of hydrogen-bond acceptors (Lipinski definition) is 2. The summed E-state index contributed by atoms with van der Waals surface area (Å²) >= 11 is 0. The lowest BCUT2D eigenvalue weighted by Crippen LogP contribution is -2.00. The van der Waals surface area contributed by atoms with Crippen molar-refractivity contribution in [3.63, 3.8) is 0 Å².